The van der Waals surface area contributed by atoms with Crippen LogP contribution in [0.25, 0.3) is 0 Å². The molecule has 3 nitrogen and oxygen atoms in total. The summed E-state index contributed by atoms with van der Waals surface area (Å²) in [5.74, 6) is 4.99. The number of carbonyl (C=O) groups excluding carboxylic acids is 1. The van der Waals surface area contributed by atoms with Gasteiger partial charge >= 0.3 is 0 Å². The van der Waals surface area contributed by atoms with Crippen molar-refractivity contribution in [1.29, 1.82) is 0 Å². The van der Waals surface area contributed by atoms with Gasteiger partial charge in [0.15, 0.2) is 0 Å². The molecule has 1 aliphatic rings. The summed E-state index contributed by atoms with van der Waals surface area (Å²) in [7, 11) is 0. The molecule has 19 heavy (non-hydrogen) atoms. The fourth-order valence-corrected chi connectivity index (χ4v) is 2.23. The molecule has 0 spiro atoms. The molecule has 1 aliphatic carbocycles. The highest BCUT2D eigenvalue weighted by Gasteiger charge is 2.27. The van der Waals surface area contributed by atoms with Crippen LogP contribution in [0.4, 0.5) is 4.39 Å². The van der Waals surface area contributed by atoms with Gasteiger partial charge in [-0.3, -0.25) is 4.79 Å². The zero-order chi connectivity index (χ0) is 13.8. The van der Waals surface area contributed by atoms with Crippen molar-refractivity contribution in [2.75, 3.05) is 6.61 Å². The van der Waals surface area contributed by atoms with Crippen molar-refractivity contribution < 1.29 is 14.3 Å². The Labute approximate surface area is 111 Å². The van der Waals surface area contributed by atoms with E-state index in [1.807, 2.05) is 0 Å². The topological polar surface area (TPSA) is 49.3 Å². The lowest BCUT2D eigenvalue weighted by Crippen LogP contribution is -2.43. The van der Waals surface area contributed by atoms with Gasteiger partial charge in [-0.05, 0) is 37.0 Å². The zero-order valence-electron chi connectivity index (χ0n) is 10.7. The van der Waals surface area contributed by atoms with Gasteiger partial charge in [-0.25, -0.2) is 4.39 Å². The summed E-state index contributed by atoms with van der Waals surface area (Å²) in [5, 5.41) is 11.6. The van der Waals surface area contributed by atoms with E-state index in [2.05, 4.69) is 24.1 Å². The molecule has 1 saturated carbocycles. The third-order valence-corrected chi connectivity index (χ3v) is 3.24. The van der Waals surface area contributed by atoms with Gasteiger partial charge in [0.2, 0.25) is 0 Å². The van der Waals surface area contributed by atoms with Gasteiger partial charge in [-0.1, -0.05) is 18.8 Å². The lowest BCUT2D eigenvalue weighted by atomic mass is 9.82. The Bertz CT molecular complexity index is 539. The van der Waals surface area contributed by atoms with Crippen LogP contribution in [0.2, 0.25) is 0 Å². The van der Waals surface area contributed by atoms with Crippen molar-refractivity contribution in [3.05, 3.63) is 35.1 Å². The number of carbonyl (C=O) groups is 1. The number of aliphatic hydroxyl groups is 1. The highest BCUT2D eigenvalue weighted by atomic mass is 19.1. The smallest absolute Gasteiger partial charge is 0.252 e. The molecule has 1 fully saturated rings. The van der Waals surface area contributed by atoms with Crippen LogP contribution in [0.1, 0.15) is 35.7 Å². The van der Waals surface area contributed by atoms with E-state index in [1.54, 1.807) is 0 Å². The molecule has 0 unspecified atom stereocenters. The molecule has 1 aromatic carbocycles. The Balaban J connectivity index is 2.17. The Kier molecular flexibility index (Phi) is 4.18. The van der Waals surface area contributed by atoms with Gasteiger partial charge in [-0.2, -0.15) is 0 Å². The summed E-state index contributed by atoms with van der Waals surface area (Å²) in [5.41, 5.74) is 0.654. The maximum atomic E-state index is 13.2. The van der Waals surface area contributed by atoms with Crippen molar-refractivity contribution >= 4 is 5.91 Å². The minimum absolute atomic E-state index is 0.171. The summed E-state index contributed by atoms with van der Waals surface area (Å²) < 4.78 is 13.2. The van der Waals surface area contributed by atoms with E-state index in [9.17, 15) is 9.18 Å². The second-order valence-corrected chi connectivity index (χ2v) is 4.90. The van der Waals surface area contributed by atoms with E-state index >= 15 is 0 Å². The number of halogens is 1. The Morgan fingerprint density at radius 2 is 2.26 bits per heavy atom. The van der Waals surface area contributed by atoms with Crippen molar-refractivity contribution in [3.8, 4) is 11.8 Å². The molecule has 0 radical (unpaired) electrons. The summed E-state index contributed by atoms with van der Waals surface area (Å²) >= 11 is 0. The van der Waals surface area contributed by atoms with Crippen LogP contribution in [-0.2, 0) is 0 Å². The van der Waals surface area contributed by atoms with Crippen LogP contribution >= 0.6 is 0 Å². The fraction of sp³-hybridized carbons (Fsp3) is 0.400. The number of amides is 1. The molecule has 0 aliphatic heterocycles. The third-order valence-electron chi connectivity index (χ3n) is 3.24. The molecule has 100 valence electrons. The van der Waals surface area contributed by atoms with Gasteiger partial charge < -0.3 is 10.4 Å². The quantitative estimate of drug-likeness (QED) is 0.796. The average Bonchev–Trinajstić information content (AvgIpc) is 2.35. The van der Waals surface area contributed by atoms with E-state index in [4.69, 9.17) is 5.11 Å². The average molecular weight is 261 g/mol. The van der Waals surface area contributed by atoms with E-state index in [0.29, 0.717) is 11.5 Å². The maximum absolute atomic E-state index is 13.2. The lowest BCUT2D eigenvalue weighted by molar-refractivity contribution is 0.0895. The first-order valence-corrected chi connectivity index (χ1v) is 6.30. The first kappa shape index (κ1) is 13.6. The highest BCUT2D eigenvalue weighted by molar-refractivity contribution is 5.97. The Morgan fingerprint density at radius 1 is 1.53 bits per heavy atom. The summed E-state index contributed by atoms with van der Waals surface area (Å²) in [6.45, 7) is 1.83. The molecule has 4 heteroatoms. The maximum Gasteiger partial charge on any atom is 0.252 e. The van der Waals surface area contributed by atoms with E-state index in [0.717, 1.165) is 12.8 Å². The minimum Gasteiger partial charge on any atom is -0.384 e. The fourth-order valence-electron chi connectivity index (χ4n) is 2.23. The van der Waals surface area contributed by atoms with Gasteiger partial charge in [-0.15, -0.1) is 0 Å². The first-order valence-electron chi connectivity index (χ1n) is 6.30. The first-order chi connectivity index (χ1) is 9.10. The molecule has 0 aromatic heterocycles. The monoisotopic (exact) mass is 261 g/mol. The van der Waals surface area contributed by atoms with Gasteiger partial charge in [0.1, 0.15) is 12.4 Å². The van der Waals surface area contributed by atoms with Crippen LogP contribution in [0, 0.1) is 23.6 Å². The molecular weight excluding hydrogens is 245 g/mol. The predicted octanol–water partition coefficient (Wildman–Crippen LogP) is 1.70. The van der Waals surface area contributed by atoms with Crippen molar-refractivity contribution in [2.45, 2.75) is 25.8 Å². The van der Waals surface area contributed by atoms with Crippen LogP contribution < -0.4 is 5.32 Å². The van der Waals surface area contributed by atoms with Crippen molar-refractivity contribution in [2.24, 2.45) is 5.92 Å². The van der Waals surface area contributed by atoms with Crippen molar-refractivity contribution in [3.63, 3.8) is 0 Å². The Morgan fingerprint density at radius 3 is 2.89 bits per heavy atom. The SMILES string of the molecule is CC1CC(NC(=O)c2cc(F)ccc2C#CCO)C1. The predicted molar refractivity (Wildman–Crippen MR) is 70.0 cm³/mol. The standard InChI is InChI=1S/C15H16FNO2/c1-10-7-13(8-10)17-15(19)14-9-12(16)5-4-11(14)3-2-6-18/h4-5,9-10,13,18H,6-8H2,1H3,(H,17,19). The number of nitrogens with one attached hydrogen (secondary N) is 1. The number of hydrogen-bond acceptors (Lipinski definition) is 2. The largest absolute Gasteiger partial charge is 0.384 e. The van der Waals surface area contributed by atoms with E-state index in [-0.39, 0.29) is 24.1 Å². The van der Waals surface area contributed by atoms with Gasteiger partial charge in [0, 0.05) is 11.6 Å². The molecular formula is C15H16FNO2. The van der Waals surface area contributed by atoms with Gasteiger partial charge in [0.05, 0.1) is 5.56 Å². The van der Waals surface area contributed by atoms with Gasteiger partial charge in [0.25, 0.3) is 5.91 Å². The van der Waals surface area contributed by atoms with Crippen LogP contribution in [0.5, 0.6) is 0 Å². The second-order valence-electron chi connectivity index (χ2n) is 4.90. The molecule has 0 bridgehead atoms. The number of hydrogen-bond donors (Lipinski definition) is 2. The number of rotatable bonds is 2. The summed E-state index contributed by atoms with van der Waals surface area (Å²) in [6, 6.07) is 4.06. The van der Waals surface area contributed by atoms with Crippen LogP contribution in [0.3, 0.4) is 0 Å². The third kappa shape index (κ3) is 3.33. The molecule has 0 heterocycles. The molecule has 2 N–H and O–H groups in total. The summed E-state index contributed by atoms with van der Waals surface area (Å²) in [4.78, 5) is 12.1. The minimum atomic E-state index is -0.471. The lowest BCUT2D eigenvalue weighted by Gasteiger charge is -2.33. The summed E-state index contributed by atoms with van der Waals surface area (Å²) in [6.07, 6.45) is 1.91. The van der Waals surface area contributed by atoms with Crippen LogP contribution in [0.15, 0.2) is 18.2 Å². The number of benzene rings is 1. The zero-order valence-corrected chi connectivity index (χ0v) is 10.7. The Hall–Kier alpha value is -1.86. The number of aliphatic hydroxyl groups excluding tert-OH is 1. The van der Waals surface area contributed by atoms with Crippen molar-refractivity contribution in [1.82, 2.24) is 5.32 Å². The van der Waals surface area contributed by atoms with Crippen LogP contribution in [-0.4, -0.2) is 23.7 Å². The highest BCUT2D eigenvalue weighted by Crippen LogP contribution is 2.26. The normalized spacial score (nSPS) is 21.0. The molecule has 1 amide bonds. The molecule has 2 rings (SSSR count). The van der Waals surface area contributed by atoms with E-state index < -0.39 is 5.82 Å². The van der Waals surface area contributed by atoms with E-state index in [1.165, 1.54) is 18.2 Å². The molecule has 1 aromatic rings. The molecule has 0 atom stereocenters. The second kappa shape index (κ2) is 5.85. The molecule has 0 saturated heterocycles.